The fraction of sp³-hybridized carbons (Fsp3) is 0.643. The Hall–Kier alpha value is -1.13. The highest BCUT2D eigenvalue weighted by Crippen LogP contribution is 2.20. The predicted molar refractivity (Wildman–Crippen MR) is 75.6 cm³/mol. The van der Waals surface area contributed by atoms with Crippen molar-refractivity contribution in [2.24, 2.45) is 11.7 Å². The highest BCUT2D eigenvalue weighted by atomic mass is 15.1. The number of aromatic nitrogens is 1. The number of hydrogen-bond acceptors (Lipinski definition) is 4. The normalized spacial score (nSPS) is 17.9. The van der Waals surface area contributed by atoms with Crippen LogP contribution < -0.4 is 10.6 Å². The summed E-state index contributed by atoms with van der Waals surface area (Å²) < 4.78 is 0. The third kappa shape index (κ3) is 3.43. The first-order valence-electron chi connectivity index (χ1n) is 6.73. The second kappa shape index (κ2) is 6.16. The van der Waals surface area contributed by atoms with Gasteiger partial charge in [-0.25, -0.2) is 0 Å². The van der Waals surface area contributed by atoms with Gasteiger partial charge >= 0.3 is 0 Å². The summed E-state index contributed by atoms with van der Waals surface area (Å²) in [6.45, 7) is 4.09. The third-order valence-corrected chi connectivity index (χ3v) is 3.82. The van der Waals surface area contributed by atoms with Crippen molar-refractivity contribution < 1.29 is 0 Å². The molecule has 4 heteroatoms. The molecule has 0 atom stereocenters. The Kier molecular flexibility index (Phi) is 4.55. The molecule has 0 spiro atoms. The lowest BCUT2D eigenvalue weighted by Crippen LogP contribution is -2.35. The molecule has 1 aliphatic rings. The van der Waals surface area contributed by atoms with E-state index in [-0.39, 0.29) is 0 Å². The largest absolute Gasteiger partial charge is 0.374 e. The molecule has 2 N–H and O–H groups in total. The van der Waals surface area contributed by atoms with Crippen LogP contribution >= 0.6 is 0 Å². The van der Waals surface area contributed by atoms with Crippen LogP contribution in [0.1, 0.15) is 18.5 Å². The van der Waals surface area contributed by atoms with Crippen LogP contribution in [-0.2, 0) is 6.54 Å². The Labute approximate surface area is 110 Å². The summed E-state index contributed by atoms with van der Waals surface area (Å²) in [6.07, 6.45) is 4.45. The van der Waals surface area contributed by atoms with Gasteiger partial charge in [0.05, 0.1) is 5.69 Å². The molecule has 0 bridgehead atoms. The molecule has 0 radical (unpaired) electrons. The smallest absolute Gasteiger partial charge is 0.0560 e. The quantitative estimate of drug-likeness (QED) is 0.873. The minimum absolute atomic E-state index is 0.510. The summed E-state index contributed by atoms with van der Waals surface area (Å²) in [7, 11) is 4.37. The van der Waals surface area contributed by atoms with Crippen molar-refractivity contribution in [3.8, 4) is 0 Å². The van der Waals surface area contributed by atoms with Gasteiger partial charge in [0, 0.05) is 32.0 Å². The number of rotatable bonds is 4. The van der Waals surface area contributed by atoms with Gasteiger partial charge in [0.15, 0.2) is 0 Å². The molecule has 2 rings (SSSR count). The summed E-state index contributed by atoms with van der Waals surface area (Å²) >= 11 is 0. The van der Waals surface area contributed by atoms with E-state index in [1.165, 1.54) is 31.6 Å². The molecular weight excluding hydrogens is 224 g/mol. The molecule has 0 amide bonds. The van der Waals surface area contributed by atoms with E-state index in [1.807, 2.05) is 6.20 Å². The van der Waals surface area contributed by atoms with Gasteiger partial charge in [-0.15, -0.1) is 0 Å². The number of nitrogens with zero attached hydrogens (tertiary/aromatic N) is 3. The maximum absolute atomic E-state index is 5.63. The molecule has 0 aromatic carbocycles. The van der Waals surface area contributed by atoms with E-state index in [1.54, 1.807) is 0 Å². The Balaban J connectivity index is 1.92. The Morgan fingerprint density at radius 3 is 2.83 bits per heavy atom. The summed E-state index contributed by atoms with van der Waals surface area (Å²) in [5, 5.41) is 0. The Morgan fingerprint density at radius 1 is 1.44 bits per heavy atom. The van der Waals surface area contributed by atoms with Crippen LogP contribution in [0, 0.1) is 5.92 Å². The van der Waals surface area contributed by atoms with Crippen molar-refractivity contribution in [1.82, 2.24) is 9.88 Å². The Bertz CT molecular complexity index is 372. The van der Waals surface area contributed by atoms with Crippen LogP contribution in [0.4, 0.5) is 5.69 Å². The molecule has 0 saturated carbocycles. The third-order valence-electron chi connectivity index (χ3n) is 3.82. The standard InChI is InChI=1S/C14H24N4/c1-17-7-4-12(5-8-17)11-18(2)14-3-6-16-13(9-14)10-15/h3,6,9,12H,4-5,7-8,10-11,15H2,1-2H3. The van der Waals surface area contributed by atoms with Crippen LogP contribution in [0.5, 0.6) is 0 Å². The maximum atomic E-state index is 5.63. The van der Waals surface area contributed by atoms with Gasteiger partial charge in [-0.2, -0.15) is 0 Å². The number of nitrogens with two attached hydrogens (primary N) is 1. The second-order valence-corrected chi connectivity index (χ2v) is 5.34. The maximum Gasteiger partial charge on any atom is 0.0560 e. The lowest BCUT2D eigenvalue weighted by atomic mass is 9.96. The first-order chi connectivity index (χ1) is 8.69. The van der Waals surface area contributed by atoms with E-state index in [4.69, 9.17) is 5.73 Å². The SMILES string of the molecule is CN1CCC(CN(C)c2ccnc(CN)c2)CC1. The van der Waals surface area contributed by atoms with Gasteiger partial charge < -0.3 is 15.5 Å². The zero-order chi connectivity index (χ0) is 13.0. The predicted octanol–water partition coefficient (Wildman–Crippen LogP) is 1.32. The molecule has 2 heterocycles. The van der Waals surface area contributed by atoms with Crippen molar-refractivity contribution in [2.75, 3.05) is 38.6 Å². The summed E-state index contributed by atoms with van der Waals surface area (Å²) in [5.41, 5.74) is 7.82. The molecule has 1 aromatic heterocycles. The first-order valence-corrected chi connectivity index (χ1v) is 6.73. The molecule has 4 nitrogen and oxygen atoms in total. The molecule has 100 valence electrons. The molecule has 0 aliphatic carbocycles. The average molecular weight is 248 g/mol. The monoisotopic (exact) mass is 248 g/mol. The zero-order valence-corrected chi connectivity index (χ0v) is 11.5. The van der Waals surface area contributed by atoms with Crippen molar-refractivity contribution in [3.05, 3.63) is 24.0 Å². The lowest BCUT2D eigenvalue weighted by Gasteiger charge is -2.32. The van der Waals surface area contributed by atoms with Gasteiger partial charge in [0.2, 0.25) is 0 Å². The number of hydrogen-bond donors (Lipinski definition) is 1. The minimum Gasteiger partial charge on any atom is -0.374 e. The van der Waals surface area contributed by atoms with E-state index in [0.717, 1.165) is 18.2 Å². The lowest BCUT2D eigenvalue weighted by molar-refractivity contribution is 0.222. The van der Waals surface area contributed by atoms with Crippen LogP contribution in [0.15, 0.2) is 18.3 Å². The van der Waals surface area contributed by atoms with Crippen LogP contribution in [-0.4, -0.2) is 43.6 Å². The first kappa shape index (κ1) is 13.3. The molecule has 1 saturated heterocycles. The van der Waals surface area contributed by atoms with E-state index < -0.39 is 0 Å². The topological polar surface area (TPSA) is 45.4 Å². The molecule has 18 heavy (non-hydrogen) atoms. The number of piperidine rings is 1. The number of likely N-dealkylation sites (tertiary alicyclic amines) is 1. The van der Waals surface area contributed by atoms with Gasteiger partial charge in [0.1, 0.15) is 0 Å². The average Bonchev–Trinajstić information content (AvgIpc) is 2.41. The van der Waals surface area contributed by atoms with Gasteiger partial charge in [-0.1, -0.05) is 0 Å². The van der Waals surface area contributed by atoms with E-state index in [0.29, 0.717) is 6.54 Å². The molecule has 1 aromatic rings. The van der Waals surface area contributed by atoms with Crippen molar-refractivity contribution in [3.63, 3.8) is 0 Å². The summed E-state index contributed by atoms with van der Waals surface area (Å²) in [4.78, 5) is 8.98. The number of anilines is 1. The minimum atomic E-state index is 0.510. The van der Waals surface area contributed by atoms with Gasteiger partial charge in [-0.05, 0) is 51.0 Å². The number of pyridine rings is 1. The van der Waals surface area contributed by atoms with E-state index >= 15 is 0 Å². The van der Waals surface area contributed by atoms with Crippen molar-refractivity contribution in [1.29, 1.82) is 0 Å². The fourth-order valence-corrected chi connectivity index (χ4v) is 2.55. The van der Waals surface area contributed by atoms with Crippen LogP contribution in [0.25, 0.3) is 0 Å². The molecule has 1 aliphatic heterocycles. The van der Waals surface area contributed by atoms with Crippen LogP contribution in [0.3, 0.4) is 0 Å². The van der Waals surface area contributed by atoms with E-state index in [9.17, 15) is 0 Å². The molecule has 0 unspecified atom stereocenters. The van der Waals surface area contributed by atoms with Gasteiger partial charge in [0.25, 0.3) is 0 Å². The highest BCUT2D eigenvalue weighted by molar-refractivity contribution is 5.45. The zero-order valence-electron chi connectivity index (χ0n) is 11.5. The van der Waals surface area contributed by atoms with Crippen molar-refractivity contribution in [2.45, 2.75) is 19.4 Å². The second-order valence-electron chi connectivity index (χ2n) is 5.34. The molecular formula is C14H24N4. The molecule has 1 fully saturated rings. The summed E-state index contributed by atoms with van der Waals surface area (Å²) in [5.74, 6) is 0.806. The van der Waals surface area contributed by atoms with Crippen molar-refractivity contribution >= 4 is 5.69 Å². The summed E-state index contributed by atoms with van der Waals surface area (Å²) in [6, 6.07) is 4.16. The van der Waals surface area contributed by atoms with Gasteiger partial charge in [-0.3, -0.25) is 4.98 Å². The Morgan fingerprint density at radius 2 is 2.17 bits per heavy atom. The highest BCUT2D eigenvalue weighted by Gasteiger charge is 2.18. The van der Waals surface area contributed by atoms with E-state index in [2.05, 4.69) is 41.0 Å². The fourth-order valence-electron chi connectivity index (χ4n) is 2.55. The van der Waals surface area contributed by atoms with Crippen LogP contribution in [0.2, 0.25) is 0 Å².